The van der Waals surface area contributed by atoms with Gasteiger partial charge >= 0.3 is 5.97 Å². The highest BCUT2D eigenvalue weighted by Gasteiger charge is 2.34. The standard InChI is InChI=1S/C14H23NO4/c1-9(2)7-12(17)15-13(14(18)19-3)10-5-4-6-11(16)8-10/h9-10,13H,4-8H2,1-3H3,(H,15,17)/t10-,13+/m0/s1. The van der Waals surface area contributed by atoms with Crippen molar-refractivity contribution in [1.82, 2.24) is 5.32 Å². The topological polar surface area (TPSA) is 72.5 Å². The molecule has 1 rings (SSSR count). The van der Waals surface area contributed by atoms with Crippen molar-refractivity contribution in [2.45, 2.75) is 52.0 Å². The molecule has 0 aliphatic heterocycles. The highest BCUT2D eigenvalue weighted by molar-refractivity contribution is 5.86. The molecule has 1 saturated carbocycles. The number of hydrogen-bond donors (Lipinski definition) is 1. The Morgan fingerprint density at radius 2 is 2.11 bits per heavy atom. The summed E-state index contributed by atoms with van der Waals surface area (Å²) >= 11 is 0. The smallest absolute Gasteiger partial charge is 0.328 e. The van der Waals surface area contributed by atoms with Gasteiger partial charge in [-0.15, -0.1) is 0 Å². The SMILES string of the molecule is COC(=O)[C@H](NC(=O)CC(C)C)[C@H]1CCCC(=O)C1. The van der Waals surface area contributed by atoms with Crippen LogP contribution in [0.4, 0.5) is 0 Å². The van der Waals surface area contributed by atoms with Crippen LogP contribution in [0, 0.1) is 11.8 Å². The van der Waals surface area contributed by atoms with Gasteiger partial charge in [0, 0.05) is 19.3 Å². The molecule has 1 aliphatic rings. The number of Topliss-reactive ketones (excluding diaryl/α,β-unsaturated/α-hetero) is 1. The zero-order valence-corrected chi connectivity index (χ0v) is 11.9. The summed E-state index contributed by atoms with van der Waals surface area (Å²) in [7, 11) is 1.30. The minimum Gasteiger partial charge on any atom is -0.467 e. The first-order valence-corrected chi connectivity index (χ1v) is 6.83. The molecule has 0 aromatic rings. The molecule has 19 heavy (non-hydrogen) atoms. The van der Waals surface area contributed by atoms with Crippen LogP contribution in [0.5, 0.6) is 0 Å². The lowest BCUT2D eigenvalue weighted by Gasteiger charge is -2.28. The van der Waals surface area contributed by atoms with Gasteiger partial charge in [0.05, 0.1) is 7.11 Å². The van der Waals surface area contributed by atoms with Gasteiger partial charge in [0.2, 0.25) is 5.91 Å². The molecule has 0 saturated heterocycles. The van der Waals surface area contributed by atoms with Crippen LogP contribution in [0.3, 0.4) is 0 Å². The molecule has 108 valence electrons. The molecule has 0 bridgehead atoms. The van der Waals surface area contributed by atoms with Crippen LogP contribution < -0.4 is 5.32 Å². The highest BCUT2D eigenvalue weighted by atomic mass is 16.5. The molecule has 5 nitrogen and oxygen atoms in total. The fourth-order valence-corrected chi connectivity index (χ4v) is 2.44. The maximum absolute atomic E-state index is 11.8. The highest BCUT2D eigenvalue weighted by Crippen LogP contribution is 2.25. The van der Waals surface area contributed by atoms with Crippen LogP contribution in [0.1, 0.15) is 46.0 Å². The maximum Gasteiger partial charge on any atom is 0.328 e. The Bertz CT molecular complexity index is 351. The summed E-state index contributed by atoms with van der Waals surface area (Å²) in [5.74, 6) is -0.375. The zero-order chi connectivity index (χ0) is 14.4. The lowest BCUT2D eigenvalue weighted by atomic mass is 9.83. The molecule has 0 aromatic carbocycles. The number of ketones is 1. The van der Waals surface area contributed by atoms with Gasteiger partial charge in [-0.25, -0.2) is 4.79 Å². The Kier molecular flexibility index (Phi) is 5.99. The van der Waals surface area contributed by atoms with Crippen LogP contribution in [0.15, 0.2) is 0 Å². The van der Waals surface area contributed by atoms with Gasteiger partial charge < -0.3 is 10.1 Å². The zero-order valence-electron chi connectivity index (χ0n) is 11.9. The van der Waals surface area contributed by atoms with E-state index in [1.54, 1.807) is 0 Å². The van der Waals surface area contributed by atoms with Gasteiger partial charge in [-0.1, -0.05) is 13.8 Å². The summed E-state index contributed by atoms with van der Waals surface area (Å²) in [5.41, 5.74) is 0. The van der Waals surface area contributed by atoms with E-state index in [2.05, 4.69) is 5.32 Å². The van der Waals surface area contributed by atoms with Crippen molar-refractivity contribution in [2.75, 3.05) is 7.11 Å². The summed E-state index contributed by atoms with van der Waals surface area (Å²) in [4.78, 5) is 35.1. The number of amides is 1. The monoisotopic (exact) mass is 269 g/mol. The predicted molar refractivity (Wildman–Crippen MR) is 70.4 cm³/mol. The van der Waals surface area contributed by atoms with Gasteiger partial charge in [-0.3, -0.25) is 9.59 Å². The molecule has 0 unspecified atom stereocenters. The molecular formula is C14H23NO4. The van der Waals surface area contributed by atoms with Gasteiger partial charge in [0.15, 0.2) is 0 Å². The normalized spacial score (nSPS) is 21.1. The largest absolute Gasteiger partial charge is 0.467 e. The number of ether oxygens (including phenoxy) is 1. The molecule has 1 amide bonds. The first kappa shape index (κ1) is 15.7. The molecule has 0 aromatic heterocycles. The van der Waals surface area contributed by atoms with Gasteiger partial charge in [-0.05, 0) is 24.7 Å². The molecule has 0 heterocycles. The Labute approximate surface area is 114 Å². The summed E-state index contributed by atoms with van der Waals surface area (Å²) < 4.78 is 4.74. The van der Waals surface area contributed by atoms with Crippen LogP contribution in [-0.4, -0.2) is 30.8 Å². The molecule has 5 heteroatoms. The number of carbonyl (C=O) groups excluding carboxylic acids is 3. The van der Waals surface area contributed by atoms with Crippen LogP contribution in [-0.2, 0) is 19.1 Å². The predicted octanol–water partition coefficient (Wildman–Crippen LogP) is 1.45. The number of carbonyl (C=O) groups is 3. The molecule has 1 aliphatic carbocycles. The number of esters is 1. The molecule has 2 atom stereocenters. The van der Waals surface area contributed by atoms with Crippen LogP contribution in [0.2, 0.25) is 0 Å². The Morgan fingerprint density at radius 3 is 2.63 bits per heavy atom. The Balaban J connectivity index is 2.68. The van der Waals surface area contributed by atoms with Crippen molar-refractivity contribution < 1.29 is 19.1 Å². The van der Waals surface area contributed by atoms with Crippen molar-refractivity contribution in [2.24, 2.45) is 11.8 Å². The average molecular weight is 269 g/mol. The molecule has 1 fully saturated rings. The Morgan fingerprint density at radius 1 is 1.42 bits per heavy atom. The van der Waals surface area contributed by atoms with Gasteiger partial charge in [0.25, 0.3) is 0 Å². The van der Waals surface area contributed by atoms with E-state index in [1.165, 1.54) is 7.11 Å². The van der Waals surface area contributed by atoms with Crippen molar-refractivity contribution in [1.29, 1.82) is 0 Å². The second-order valence-corrected chi connectivity index (χ2v) is 5.56. The van der Waals surface area contributed by atoms with Crippen LogP contribution in [0.25, 0.3) is 0 Å². The third-order valence-electron chi connectivity index (χ3n) is 3.36. The fraction of sp³-hybridized carbons (Fsp3) is 0.786. The first-order valence-electron chi connectivity index (χ1n) is 6.83. The quantitative estimate of drug-likeness (QED) is 0.767. The summed E-state index contributed by atoms with van der Waals surface area (Å²) in [6.07, 6.45) is 2.84. The van der Waals surface area contributed by atoms with E-state index in [4.69, 9.17) is 4.74 Å². The van der Waals surface area contributed by atoms with Crippen molar-refractivity contribution >= 4 is 17.7 Å². The minimum atomic E-state index is -0.694. The van der Waals surface area contributed by atoms with E-state index in [0.717, 1.165) is 12.8 Å². The second-order valence-electron chi connectivity index (χ2n) is 5.56. The fourth-order valence-electron chi connectivity index (χ4n) is 2.44. The summed E-state index contributed by atoms with van der Waals surface area (Å²) in [6, 6.07) is -0.694. The first-order chi connectivity index (χ1) is 8.93. The summed E-state index contributed by atoms with van der Waals surface area (Å²) in [5, 5.41) is 2.72. The van der Waals surface area contributed by atoms with E-state index in [9.17, 15) is 14.4 Å². The van der Waals surface area contributed by atoms with Gasteiger partial charge in [0.1, 0.15) is 11.8 Å². The van der Waals surface area contributed by atoms with E-state index in [1.807, 2.05) is 13.8 Å². The van der Waals surface area contributed by atoms with E-state index in [-0.39, 0.29) is 23.5 Å². The van der Waals surface area contributed by atoms with Crippen LogP contribution >= 0.6 is 0 Å². The summed E-state index contributed by atoms with van der Waals surface area (Å²) in [6.45, 7) is 3.88. The maximum atomic E-state index is 11.8. The molecule has 0 radical (unpaired) electrons. The third kappa shape index (κ3) is 5.01. The second kappa shape index (κ2) is 7.26. The van der Waals surface area contributed by atoms with Gasteiger partial charge in [-0.2, -0.15) is 0 Å². The van der Waals surface area contributed by atoms with Crippen molar-refractivity contribution in [3.63, 3.8) is 0 Å². The van der Waals surface area contributed by atoms with Crippen molar-refractivity contribution in [3.05, 3.63) is 0 Å². The van der Waals surface area contributed by atoms with Crippen molar-refractivity contribution in [3.8, 4) is 0 Å². The molecule has 0 spiro atoms. The molecule has 1 N–H and O–H groups in total. The minimum absolute atomic E-state index is 0.134. The van der Waals surface area contributed by atoms with E-state index < -0.39 is 12.0 Å². The Hall–Kier alpha value is -1.39. The molecular weight excluding hydrogens is 246 g/mol. The number of hydrogen-bond acceptors (Lipinski definition) is 4. The average Bonchev–Trinajstić information content (AvgIpc) is 2.34. The lowest BCUT2D eigenvalue weighted by molar-refractivity contribution is -0.147. The third-order valence-corrected chi connectivity index (χ3v) is 3.36. The van der Waals surface area contributed by atoms with E-state index in [0.29, 0.717) is 19.3 Å². The number of nitrogens with one attached hydrogen (secondary N) is 1. The van der Waals surface area contributed by atoms with E-state index >= 15 is 0 Å². The number of methoxy groups -OCH3 is 1. The number of rotatable bonds is 5. The lowest BCUT2D eigenvalue weighted by Crippen LogP contribution is -2.48.